The summed E-state index contributed by atoms with van der Waals surface area (Å²) in [6, 6.07) is 0. The Bertz CT molecular complexity index is 83.1. The average molecular weight is 178 g/mol. The van der Waals surface area contributed by atoms with Gasteiger partial charge < -0.3 is 19.3 Å². The molecule has 0 aromatic heterocycles. The molecule has 0 unspecified atom stereocenters. The van der Waals surface area contributed by atoms with Crippen LogP contribution in [0.2, 0.25) is 0 Å². The van der Waals surface area contributed by atoms with Gasteiger partial charge in [0.05, 0.1) is 6.61 Å². The minimum Gasteiger partial charge on any atom is -0.396 e. The molecule has 0 aliphatic heterocycles. The number of hydrogen-bond acceptors (Lipinski definition) is 4. The van der Waals surface area contributed by atoms with Crippen molar-refractivity contribution in [3.8, 4) is 0 Å². The lowest BCUT2D eigenvalue weighted by molar-refractivity contribution is -0.115. The largest absolute Gasteiger partial charge is 0.396 e. The third-order valence-electron chi connectivity index (χ3n) is 1.47. The predicted molar refractivity (Wildman–Crippen MR) is 44.9 cm³/mol. The molecule has 74 valence electrons. The Morgan fingerprint density at radius 3 is 2.33 bits per heavy atom. The van der Waals surface area contributed by atoms with Crippen molar-refractivity contribution in [2.75, 3.05) is 34.0 Å². The minimum atomic E-state index is -0.181. The van der Waals surface area contributed by atoms with E-state index in [2.05, 4.69) is 0 Å². The molecule has 0 atom stereocenters. The van der Waals surface area contributed by atoms with Gasteiger partial charge in [0.2, 0.25) is 0 Å². The molecule has 0 heterocycles. The van der Waals surface area contributed by atoms with Crippen molar-refractivity contribution < 1.29 is 19.3 Å². The molecule has 0 amide bonds. The zero-order valence-electron chi connectivity index (χ0n) is 7.78. The van der Waals surface area contributed by atoms with E-state index in [4.69, 9.17) is 19.3 Å². The van der Waals surface area contributed by atoms with E-state index in [1.165, 1.54) is 0 Å². The monoisotopic (exact) mass is 178 g/mol. The predicted octanol–water partition coefficient (Wildman–Crippen LogP) is 0.394. The van der Waals surface area contributed by atoms with Gasteiger partial charge in [0.15, 0.2) is 6.29 Å². The summed E-state index contributed by atoms with van der Waals surface area (Å²) in [7, 11) is 3.20. The van der Waals surface area contributed by atoms with Gasteiger partial charge in [-0.15, -0.1) is 0 Å². The van der Waals surface area contributed by atoms with Gasteiger partial charge >= 0.3 is 0 Å². The van der Waals surface area contributed by atoms with Crippen molar-refractivity contribution in [2.45, 2.75) is 19.1 Å². The molecule has 0 aliphatic rings. The van der Waals surface area contributed by atoms with Gasteiger partial charge in [-0.2, -0.15) is 0 Å². The quantitative estimate of drug-likeness (QED) is 0.431. The molecule has 0 saturated heterocycles. The Morgan fingerprint density at radius 2 is 1.83 bits per heavy atom. The summed E-state index contributed by atoms with van der Waals surface area (Å²) in [5, 5.41) is 8.44. The SMILES string of the molecule is COC(CCOCCCO)OC. The van der Waals surface area contributed by atoms with Crippen LogP contribution in [0.5, 0.6) is 0 Å². The molecule has 0 rings (SSSR count). The van der Waals surface area contributed by atoms with Crippen LogP contribution in [-0.4, -0.2) is 45.4 Å². The van der Waals surface area contributed by atoms with Crippen LogP contribution in [0.15, 0.2) is 0 Å². The van der Waals surface area contributed by atoms with E-state index in [1.54, 1.807) is 14.2 Å². The molecule has 0 bridgehead atoms. The second kappa shape index (κ2) is 8.93. The summed E-state index contributed by atoms with van der Waals surface area (Å²) in [5.41, 5.74) is 0. The third kappa shape index (κ3) is 6.54. The molecular weight excluding hydrogens is 160 g/mol. The maximum Gasteiger partial charge on any atom is 0.159 e. The molecule has 12 heavy (non-hydrogen) atoms. The summed E-state index contributed by atoms with van der Waals surface area (Å²) >= 11 is 0. The van der Waals surface area contributed by atoms with E-state index < -0.39 is 0 Å². The van der Waals surface area contributed by atoms with Gasteiger partial charge in [0.25, 0.3) is 0 Å². The van der Waals surface area contributed by atoms with E-state index >= 15 is 0 Å². The van der Waals surface area contributed by atoms with Gasteiger partial charge in [0.1, 0.15) is 0 Å². The van der Waals surface area contributed by atoms with Gasteiger partial charge in [-0.1, -0.05) is 0 Å². The first kappa shape index (κ1) is 11.8. The lowest BCUT2D eigenvalue weighted by Gasteiger charge is -2.12. The molecule has 0 aromatic rings. The highest BCUT2D eigenvalue weighted by Crippen LogP contribution is 1.97. The highest BCUT2D eigenvalue weighted by Gasteiger charge is 2.03. The van der Waals surface area contributed by atoms with Gasteiger partial charge in [-0.25, -0.2) is 0 Å². The number of ether oxygens (including phenoxy) is 3. The molecule has 0 aromatic carbocycles. The van der Waals surface area contributed by atoms with Crippen LogP contribution in [0, 0.1) is 0 Å². The van der Waals surface area contributed by atoms with Crippen molar-refractivity contribution in [3.05, 3.63) is 0 Å². The van der Waals surface area contributed by atoms with Gasteiger partial charge in [-0.3, -0.25) is 0 Å². The van der Waals surface area contributed by atoms with E-state index in [0.29, 0.717) is 19.6 Å². The fraction of sp³-hybridized carbons (Fsp3) is 1.00. The van der Waals surface area contributed by atoms with Crippen LogP contribution in [-0.2, 0) is 14.2 Å². The van der Waals surface area contributed by atoms with E-state index in [9.17, 15) is 0 Å². The van der Waals surface area contributed by atoms with Crippen LogP contribution in [0.3, 0.4) is 0 Å². The maximum atomic E-state index is 8.44. The zero-order valence-corrected chi connectivity index (χ0v) is 7.78. The molecule has 0 saturated carbocycles. The van der Waals surface area contributed by atoms with Crippen LogP contribution in [0.25, 0.3) is 0 Å². The number of aliphatic hydroxyl groups excluding tert-OH is 1. The minimum absolute atomic E-state index is 0.179. The number of aliphatic hydroxyl groups is 1. The highest BCUT2D eigenvalue weighted by atomic mass is 16.7. The first-order chi connectivity index (χ1) is 5.85. The Balaban J connectivity index is 3.06. The zero-order chi connectivity index (χ0) is 9.23. The van der Waals surface area contributed by atoms with Crippen molar-refractivity contribution in [2.24, 2.45) is 0 Å². The van der Waals surface area contributed by atoms with Crippen molar-refractivity contribution in [1.29, 1.82) is 0 Å². The standard InChI is InChI=1S/C8H18O4/c1-10-8(11-2)4-7-12-6-3-5-9/h8-9H,3-7H2,1-2H3. The van der Waals surface area contributed by atoms with E-state index in [1.807, 2.05) is 0 Å². The Morgan fingerprint density at radius 1 is 1.17 bits per heavy atom. The smallest absolute Gasteiger partial charge is 0.159 e. The van der Waals surface area contributed by atoms with Crippen LogP contribution >= 0.6 is 0 Å². The Labute approximate surface area is 73.4 Å². The second-order valence-electron chi connectivity index (χ2n) is 2.38. The fourth-order valence-corrected chi connectivity index (χ4v) is 0.780. The normalized spacial score (nSPS) is 11.0. The molecular formula is C8H18O4. The topological polar surface area (TPSA) is 47.9 Å². The summed E-state index contributed by atoms with van der Waals surface area (Å²) in [6.45, 7) is 1.38. The van der Waals surface area contributed by atoms with Crippen LogP contribution < -0.4 is 0 Å². The van der Waals surface area contributed by atoms with Crippen molar-refractivity contribution in [3.63, 3.8) is 0 Å². The van der Waals surface area contributed by atoms with Crippen LogP contribution in [0.1, 0.15) is 12.8 Å². The summed E-state index contributed by atoms with van der Waals surface area (Å²) in [4.78, 5) is 0. The summed E-state index contributed by atoms with van der Waals surface area (Å²) in [5.74, 6) is 0. The van der Waals surface area contributed by atoms with Crippen molar-refractivity contribution in [1.82, 2.24) is 0 Å². The molecule has 1 N–H and O–H groups in total. The lowest BCUT2D eigenvalue weighted by atomic mass is 10.4. The number of methoxy groups -OCH3 is 2. The molecule has 4 nitrogen and oxygen atoms in total. The Kier molecular flexibility index (Phi) is 8.81. The fourth-order valence-electron chi connectivity index (χ4n) is 0.780. The average Bonchev–Trinajstić information content (AvgIpc) is 2.11. The molecule has 0 fully saturated rings. The Hall–Kier alpha value is -0.160. The van der Waals surface area contributed by atoms with E-state index in [-0.39, 0.29) is 12.9 Å². The number of hydrogen-bond donors (Lipinski definition) is 1. The first-order valence-corrected chi connectivity index (χ1v) is 4.09. The summed E-state index contributed by atoms with van der Waals surface area (Å²) in [6.07, 6.45) is 1.22. The molecule has 0 aliphatic carbocycles. The number of rotatable bonds is 8. The van der Waals surface area contributed by atoms with Crippen LogP contribution in [0.4, 0.5) is 0 Å². The highest BCUT2D eigenvalue weighted by molar-refractivity contribution is 4.42. The first-order valence-electron chi connectivity index (χ1n) is 4.09. The third-order valence-corrected chi connectivity index (χ3v) is 1.47. The van der Waals surface area contributed by atoms with Crippen molar-refractivity contribution >= 4 is 0 Å². The molecule has 0 radical (unpaired) electrons. The van der Waals surface area contributed by atoms with Gasteiger partial charge in [0, 0.05) is 33.9 Å². The molecule has 0 spiro atoms. The van der Waals surface area contributed by atoms with Gasteiger partial charge in [-0.05, 0) is 6.42 Å². The summed E-state index contributed by atoms with van der Waals surface area (Å²) < 4.78 is 15.1. The van der Waals surface area contributed by atoms with E-state index in [0.717, 1.165) is 6.42 Å². The lowest BCUT2D eigenvalue weighted by Crippen LogP contribution is -2.15. The second-order valence-corrected chi connectivity index (χ2v) is 2.38. The maximum absolute atomic E-state index is 8.44. The molecule has 4 heteroatoms.